The Hall–Kier alpha value is -0.0400. The normalized spacial score (nSPS) is 34.0. The Balaban J connectivity index is 1.30. The molecule has 0 N–H and O–H groups in total. The molecule has 2 unspecified atom stereocenters. The van der Waals surface area contributed by atoms with Gasteiger partial charge in [-0.25, -0.2) is 0 Å². The van der Waals surface area contributed by atoms with Gasteiger partial charge in [0.15, 0.2) is 0 Å². The standard InChI is InChI=1S/C23H41N/c1-2-10-23(9-1)24-17-15-21(13-11-19-5-3-6-19)22(16-18-24)14-12-20-7-4-8-20/h19-23H,1-18H2. The zero-order valence-corrected chi connectivity index (χ0v) is 16.1. The average Bonchev–Trinajstić information content (AvgIpc) is 2.95. The number of rotatable bonds is 7. The van der Waals surface area contributed by atoms with Crippen LogP contribution < -0.4 is 0 Å². The first-order valence-electron chi connectivity index (χ1n) is 11.6. The van der Waals surface area contributed by atoms with E-state index in [0.717, 1.165) is 29.7 Å². The molecule has 138 valence electrons. The van der Waals surface area contributed by atoms with Gasteiger partial charge in [0.2, 0.25) is 0 Å². The van der Waals surface area contributed by atoms with Crippen LogP contribution in [0.1, 0.15) is 103 Å². The van der Waals surface area contributed by atoms with Crippen molar-refractivity contribution in [2.45, 2.75) is 109 Å². The van der Waals surface area contributed by atoms with Crippen molar-refractivity contribution in [3.05, 3.63) is 0 Å². The third-order valence-electron chi connectivity index (χ3n) is 8.42. The Morgan fingerprint density at radius 2 is 1.00 bits per heavy atom. The van der Waals surface area contributed by atoms with E-state index < -0.39 is 0 Å². The van der Waals surface area contributed by atoms with Crippen molar-refractivity contribution in [2.75, 3.05) is 13.1 Å². The van der Waals surface area contributed by atoms with Crippen LogP contribution in [0.5, 0.6) is 0 Å². The molecule has 1 heteroatoms. The summed E-state index contributed by atoms with van der Waals surface area (Å²) in [6, 6.07) is 0.961. The molecule has 0 radical (unpaired) electrons. The van der Waals surface area contributed by atoms with E-state index in [1.807, 2.05) is 0 Å². The van der Waals surface area contributed by atoms with E-state index in [2.05, 4.69) is 4.90 Å². The molecule has 3 saturated carbocycles. The molecule has 0 aromatic rings. The van der Waals surface area contributed by atoms with Crippen LogP contribution in [0.3, 0.4) is 0 Å². The lowest BCUT2D eigenvalue weighted by molar-refractivity contribution is 0.200. The second kappa shape index (κ2) is 8.56. The van der Waals surface area contributed by atoms with Crippen LogP contribution in [-0.2, 0) is 0 Å². The van der Waals surface area contributed by atoms with Crippen molar-refractivity contribution < 1.29 is 0 Å². The average molecular weight is 332 g/mol. The quantitative estimate of drug-likeness (QED) is 0.520. The molecule has 0 aromatic carbocycles. The molecule has 3 aliphatic carbocycles. The van der Waals surface area contributed by atoms with Gasteiger partial charge in [-0.3, -0.25) is 0 Å². The van der Waals surface area contributed by atoms with Gasteiger partial charge in [-0.1, -0.05) is 64.2 Å². The van der Waals surface area contributed by atoms with Crippen molar-refractivity contribution in [1.82, 2.24) is 4.90 Å². The molecule has 0 aromatic heterocycles. The first-order chi connectivity index (χ1) is 11.9. The van der Waals surface area contributed by atoms with E-state index >= 15 is 0 Å². The molecule has 1 aliphatic heterocycles. The monoisotopic (exact) mass is 331 g/mol. The molecule has 2 atom stereocenters. The van der Waals surface area contributed by atoms with Gasteiger partial charge in [0, 0.05) is 6.04 Å². The SMILES string of the molecule is C1CC(CCC2CCN(C3CCCC3)CCC2CCC2CCC2)C1. The number of hydrogen-bond donors (Lipinski definition) is 0. The highest BCUT2D eigenvalue weighted by Gasteiger charge is 2.32. The largest absolute Gasteiger partial charge is 0.300 e. The molecule has 1 nitrogen and oxygen atoms in total. The summed E-state index contributed by atoms with van der Waals surface area (Å²) in [5.74, 6) is 4.37. The van der Waals surface area contributed by atoms with Crippen LogP contribution in [0, 0.1) is 23.7 Å². The summed E-state index contributed by atoms with van der Waals surface area (Å²) in [4.78, 5) is 2.92. The highest BCUT2D eigenvalue weighted by atomic mass is 15.2. The lowest BCUT2D eigenvalue weighted by Crippen LogP contribution is -2.34. The van der Waals surface area contributed by atoms with Crippen LogP contribution >= 0.6 is 0 Å². The van der Waals surface area contributed by atoms with E-state index in [1.54, 1.807) is 51.4 Å². The van der Waals surface area contributed by atoms with E-state index in [9.17, 15) is 0 Å². The smallest absolute Gasteiger partial charge is 0.00952 e. The highest BCUT2D eigenvalue weighted by Crippen LogP contribution is 2.40. The molecule has 4 rings (SSSR count). The number of likely N-dealkylation sites (tertiary alicyclic amines) is 1. The maximum atomic E-state index is 2.92. The molecular formula is C23H41N. The van der Waals surface area contributed by atoms with Crippen molar-refractivity contribution in [1.29, 1.82) is 0 Å². The van der Waals surface area contributed by atoms with Crippen LogP contribution in [-0.4, -0.2) is 24.0 Å². The van der Waals surface area contributed by atoms with Crippen molar-refractivity contribution >= 4 is 0 Å². The van der Waals surface area contributed by atoms with Crippen molar-refractivity contribution in [3.8, 4) is 0 Å². The Bertz CT molecular complexity index is 336. The maximum Gasteiger partial charge on any atom is 0.00952 e. The Morgan fingerprint density at radius 1 is 0.500 bits per heavy atom. The molecular weight excluding hydrogens is 290 g/mol. The molecule has 4 fully saturated rings. The lowest BCUT2D eigenvalue weighted by Gasteiger charge is -2.32. The van der Waals surface area contributed by atoms with Gasteiger partial charge in [-0.2, -0.15) is 0 Å². The van der Waals surface area contributed by atoms with Gasteiger partial charge in [0.05, 0.1) is 0 Å². The number of hydrogen-bond acceptors (Lipinski definition) is 1. The van der Waals surface area contributed by atoms with Crippen LogP contribution in [0.4, 0.5) is 0 Å². The van der Waals surface area contributed by atoms with Gasteiger partial charge < -0.3 is 4.90 Å². The first-order valence-corrected chi connectivity index (χ1v) is 11.6. The summed E-state index contributed by atoms with van der Waals surface area (Å²) in [7, 11) is 0. The fraction of sp³-hybridized carbons (Fsp3) is 1.00. The van der Waals surface area contributed by atoms with E-state index in [4.69, 9.17) is 0 Å². The fourth-order valence-corrected chi connectivity index (χ4v) is 6.10. The summed E-state index contributed by atoms with van der Waals surface area (Å²) in [6.45, 7) is 2.86. The zero-order valence-electron chi connectivity index (χ0n) is 16.1. The summed E-state index contributed by atoms with van der Waals surface area (Å²) in [5, 5.41) is 0. The summed E-state index contributed by atoms with van der Waals surface area (Å²) < 4.78 is 0. The van der Waals surface area contributed by atoms with Crippen LogP contribution in [0.2, 0.25) is 0 Å². The zero-order chi connectivity index (χ0) is 16.2. The third-order valence-corrected chi connectivity index (χ3v) is 8.42. The summed E-state index contributed by atoms with van der Waals surface area (Å²) in [5.41, 5.74) is 0. The molecule has 0 bridgehead atoms. The lowest BCUT2D eigenvalue weighted by atomic mass is 9.74. The molecule has 1 heterocycles. The van der Waals surface area contributed by atoms with E-state index in [1.165, 1.54) is 64.5 Å². The van der Waals surface area contributed by atoms with Gasteiger partial charge in [0.1, 0.15) is 0 Å². The maximum absolute atomic E-state index is 2.92. The number of nitrogens with zero attached hydrogens (tertiary/aromatic N) is 1. The molecule has 24 heavy (non-hydrogen) atoms. The van der Waals surface area contributed by atoms with E-state index in [0.29, 0.717) is 0 Å². The van der Waals surface area contributed by atoms with Crippen LogP contribution in [0.15, 0.2) is 0 Å². The minimum Gasteiger partial charge on any atom is -0.300 e. The molecule has 0 amide bonds. The molecule has 4 aliphatic rings. The van der Waals surface area contributed by atoms with Gasteiger partial charge >= 0.3 is 0 Å². The Kier molecular flexibility index (Phi) is 6.20. The Morgan fingerprint density at radius 3 is 1.42 bits per heavy atom. The molecule has 0 spiro atoms. The Labute approximate surface area is 151 Å². The third kappa shape index (κ3) is 4.37. The highest BCUT2D eigenvalue weighted by molar-refractivity contribution is 4.85. The van der Waals surface area contributed by atoms with Crippen LogP contribution in [0.25, 0.3) is 0 Å². The van der Waals surface area contributed by atoms with Gasteiger partial charge in [-0.05, 0) is 75.3 Å². The second-order valence-electron chi connectivity index (χ2n) is 9.82. The predicted octanol–water partition coefficient (Wildman–Crippen LogP) is 6.42. The van der Waals surface area contributed by atoms with Crippen molar-refractivity contribution in [3.63, 3.8) is 0 Å². The van der Waals surface area contributed by atoms with E-state index in [-0.39, 0.29) is 0 Å². The second-order valence-corrected chi connectivity index (χ2v) is 9.82. The van der Waals surface area contributed by atoms with Gasteiger partial charge in [0.25, 0.3) is 0 Å². The fourth-order valence-electron chi connectivity index (χ4n) is 6.10. The first kappa shape index (κ1) is 17.4. The molecule has 1 saturated heterocycles. The topological polar surface area (TPSA) is 3.24 Å². The minimum atomic E-state index is 0.961. The summed E-state index contributed by atoms with van der Waals surface area (Å²) in [6.07, 6.45) is 24.6. The predicted molar refractivity (Wildman–Crippen MR) is 103 cm³/mol. The van der Waals surface area contributed by atoms with Crippen molar-refractivity contribution in [2.24, 2.45) is 23.7 Å². The minimum absolute atomic E-state index is 0.961. The van der Waals surface area contributed by atoms with Gasteiger partial charge in [-0.15, -0.1) is 0 Å². The summed E-state index contributed by atoms with van der Waals surface area (Å²) >= 11 is 0.